The molecule has 1 aliphatic carbocycles. The average molecular weight is 512 g/mol. The van der Waals surface area contributed by atoms with Crippen LogP contribution in [0.3, 0.4) is 0 Å². The number of carbonyl (C=O) groups is 2. The molecule has 1 aliphatic heterocycles. The molecule has 1 heterocycles. The second-order valence-electron chi connectivity index (χ2n) is 8.78. The van der Waals surface area contributed by atoms with Crippen molar-refractivity contribution in [1.29, 1.82) is 0 Å². The van der Waals surface area contributed by atoms with Crippen molar-refractivity contribution in [1.82, 2.24) is 5.32 Å². The summed E-state index contributed by atoms with van der Waals surface area (Å²) in [5, 5.41) is 3.83. The maximum Gasteiger partial charge on any atom is 0.336 e. The Morgan fingerprint density at radius 2 is 1.78 bits per heavy atom. The molecule has 190 valence electrons. The monoisotopic (exact) mass is 511 g/mol. The van der Waals surface area contributed by atoms with E-state index in [4.69, 9.17) is 30.5 Å². The molecule has 8 heteroatoms. The van der Waals surface area contributed by atoms with E-state index in [0.717, 1.165) is 11.3 Å². The molecule has 7 nitrogen and oxygen atoms in total. The van der Waals surface area contributed by atoms with Crippen molar-refractivity contribution in [3.8, 4) is 11.5 Å². The minimum Gasteiger partial charge on any atom is -0.493 e. The van der Waals surface area contributed by atoms with Gasteiger partial charge in [-0.2, -0.15) is 0 Å². The fourth-order valence-electron chi connectivity index (χ4n) is 4.97. The van der Waals surface area contributed by atoms with Crippen LogP contribution in [0.2, 0.25) is 5.02 Å². The molecule has 0 saturated carbocycles. The molecule has 2 aromatic carbocycles. The summed E-state index contributed by atoms with van der Waals surface area (Å²) in [4.78, 5) is 26.9. The van der Waals surface area contributed by atoms with Gasteiger partial charge in [0.05, 0.1) is 26.4 Å². The number of esters is 1. The smallest absolute Gasteiger partial charge is 0.336 e. The van der Waals surface area contributed by atoms with Gasteiger partial charge >= 0.3 is 5.97 Å². The molecule has 0 fully saturated rings. The first-order chi connectivity index (χ1) is 17.4. The normalized spacial score (nSPS) is 19.5. The molecule has 4 rings (SSSR count). The van der Waals surface area contributed by atoms with Crippen LogP contribution in [0.4, 0.5) is 0 Å². The van der Waals surface area contributed by atoms with Crippen LogP contribution in [-0.4, -0.2) is 46.3 Å². The van der Waals surface area contributed by atoms with Gasteiger partial charge in [0.2, 0.25) is 0 Å². The second kappa shape index (κ2) is 11.2. The van der Waals surface area contributed by atoms with Gasteiger partial charge in [-0.15, -0.1) is 0 Å². The lowest BCUT2D eigenvalue weighted by Gasteiger charge is -2.37. The highest BCUT2D eigenvalue weighted by Crippen LogP contribution is 2.47. The number of hydrogen-bond acceptors (Lipinski definition) is 7. The molecule has 2 atom stereocenters. The Balaban J connectivity index is 1.75. The van der Waals surface area contributed by atoms with E-state index in [-0.39, 0.29) is 24.9 Å². The minimum atomic E-state index is -0.621. The number of allylic oxidation sites excluding steroid dienone is 3. The summed E-state index contributed by atoms with van der Waals surface area (Å²) in [6.07, 6.45) is 0.892. The summed E-state index contributed by atoms with van der Waals surface area (Å²) in [5.74, 6) is 0.0343. The number of methoxy groups -OCH3 is 3. The standard InChI is InChI=1S/C28H30ClNO6/c1-16-25(28(32)36-12-11-33-2)26(19-7-5-6-8-20(19)29)27-21(30-16)13-18(14-22(27)31)17-9-10-23(34-3)24(15-17)35-4/h5-10,15,18,26,30H,11-14H2,1-4H3/t18-,26+/m1/s1. The van der Waals surface area contributed by atoms with Crippen LogP contribution in [0.5, 0.6) is 11.5 Å². The van der Waals surface area contributed by atoms with Gasteiger partial charge < -0.3 is 24.3 Å². The van der Waals surface area contributed by atoms with Crippen LogP contribution in [0.1, 0.15) is 42.7 Å². The maximum absolute atomic E-state index is 13.7. The summed E-state index contributed by atoms with van der Waals surface area (Å²) >= 11 is 6.59. The van der Waals surface area contributed by atoms with Gasteiger partial charge in [0.15, 0.2) is 17.3 Å². The van der Waals surface area contributed by atoms with Gasteiger partial charge in [-0.05, 0) is 48.6 Å². The number of hydrogen-bond donors (Lipinski definition) is 1. The highest BCUT2D eigenvalue weighted by molar-refractivity contribution is 6.31. The third-order valence-electron chi connectivity index (χ3n) is 6.66. The molecular formula is C28H30ClNO6. The van der Waals surface area contributed by atoms with E-state index in [2.05, 4.69) is 5.32 Å². The maximum atomic E-state index is 13.7. The van der Waals surface area contributed by atoms with Gasteiger partial charge in [-0.25, -0.2) is 4.79 Å². The van der Waals surface area contributed by atoms with Crippen molar-refractivity contribution in [3.63, 3.8) is 0 Å². The lowest BCUT2D eigenvalue weighted by atomic mass is 9.71. The van der Waals surface area contributed by atoms with Crippen LogP contribution in [0.25, 0.3) is 0 Å². The summed E-state index contributed by atoms with van der Waals surface area (Å²) < 4.78 is 21.3. The molecule has 0 amide bonds. The highest BCUT2D eigenvalue weighted by atomic mass is 35.5. The number of halogens is 1. The van der Waals surface area contributed by atoms with E-state index in [9.17, 15) is 9.59 Å². The van der Waals surface area contributed by atoms with Crippen molar-refractivity contribution >= 4 is 23.4 Å². The Bertz CT molecular complexity index is 1230. The van der Waals surface area contributed by atoms with Crippen LogP contribution in [0.15, 0.2) is 65.0 Å². The summed E-state index contributed by atoms with van der Waals surface area (Å²) in [5.41, 5.74) is 4.06. The molecule has 0 radical (unpaired) electrons. The molecule has 0 spiro atoms. The molecule has 0 bridgehead atoms. The third-order valence-corrected chi connectivity index (χ3v) is 7.01. The zero-order valence-electron chi connectivity index (χ0n) is 20.9. The van der Waals surface area contributed by atoms with Gasteiger partial charge in [-0.1, -0.05) is 35.9 Å². The molecule has 0 unspecified atom stereocenters. The molecular weight excluding hydrogens is 482 g/mol. The van der Waals surface area contributed by atoms with Crippen molar-refractivity contribution in [2.75, 3.05) is 34.5 Å². The fourth-order valence-corrected chi connectivity index (χ4v) is 5.21. The van der Waals surface area contributed by atoms with Crippen LogP contribution in [0, 0.1) is 0 Å². The third kappa shape index (κ3) is 4.99. The SMILES string of the molecule is COCCOC(=O)C1=C(C)NC2=C(C(=O)C[C@H](c3ccc(OC)c(OC)c3)C2)[C@H]1c1ccccc1Cl. The van der Waals surface area contributed by atoms with Crippen molar-refractivity contribution in [3.05, 3.63) is 81.2 Å². The summed E-state index contributed by atoms with van der Waals surface area (Å²) in [6.45, 7) is 2.22. The molecule has 36 heavy (non-hydrogen) atoms. The number of benzene rings is 2. The first-order valence-electron chi connectivity index (χ1n) is 11.8. The van der Waals surface area contributed by atoms with Gasteiger partial charge in [0.25, 0.3) is 0 Å². The van der Waals surface area contributed by atoms with Crippen LogP contribution >= 0.6 is 11.6 Å². The van der Waals surface area contributed by atoms with E-state index < -0.39 is 11.9 Å². The molecule has 1 N–H and O–H groups in total. The first kappa shape index (κ1) is 25.8. The molecule has 2 aromatic rings. The van der Waals surface area contributed by atoms with Gasteiger partial charge in [0.1, 0.15) is 6.61 Å². The fraction of sp³-hybridized carbons (Fsp3) is 0.357. The van der Waals surface area contributed by atoms with Crippen LogP contribution in [-0.2, 0) is 19.1 Å². The zero-order chi connectivity index (χ0) is 25.8. The van der Waals surface area contributed by atoms with E-state index in [1.54, 1.807) is 27.4 Å². The second-order valence-corrected chi connectivity index (χ2v) is 9.19. The average Bonchev–Trinajstić information content (AvgIpc) is 2.87. The molecule has 0 saturated heterocycles. The Hall–Kier alpha value is -3.29. The van der Waals surface area contributed by atoms with Crippen molar-refractivity contribution < 1.29 is 28.5 Å². The van der Waals surface area contributed by atoms with Gasteiger partial charge in [-0.3, -0.25) is 4.79 Å². The number of nitrogens with one attached hydrogen (secondary N) is 1. The predicted molar refractivity (Wildman–Crippen MR) is 136 cm³/mol. The highest BCUT2D eigenvalue weighted by Gasteiger charge is 2.42. The van der Waals surface area contributed by atoms with E-state index in [1.807, 2.05) is 43.3 Å². The number of ether oxygens (including phenoxy) is 4. The van der Waals surface area contributed by atoms with Crippen LogP contribution < -0.4 is 14.8 Å². The Kier molecular flexibility index (Phi) is 8.01. The summed E-state index contributed by atoms with van der Waals surface area (Å²) in [6, 6.07) is 13.0. The van der Waals surface area contributed by atoms with E-state index in [1.165, 1.54) is 0 Å². The quantitative estimate of drug-likeness (QED) is 0.398. The largest absolute Gasteiger partial charge is 0.493 e. The number of dihydropyridines is 1. The Labute approximate surface area is 216 Å². The lowest BCUT2D eigenvalue weighted by Crippen LogP contribution is -2.36. The number of carbonyl (C=O) groups excluding carboxylic acids is 2. The number of Topliss-reactive ketones (excluding diaryl/α,β-unsaturated/α-hetero) is 1. The summed E-state index contributed by atoms with van der Waals surface area (Å²) in [7, 11) is 4.72. The number of rotatable bonds is 8. The Morgan fingerprint density at radius 1 is 1.03 bits per heavy atom. The topological polar surface area (TPSA) is 83.1 Å². The molecule has 2 aliphatic rings. The zero-order valence-corrected chi connectivity index (χ0v) is 21.6. The van der Waals surface area contributed by atoms with E-state index >= 15 is 0 Å². The van der Waals surface area contributed by atoms with Gasteiger partial charge in [0, 0.05) is 41.4 Å². The molecule has 0 aromatic heterocycles. The van der Waals surface area contributed by atoms with Crippen molar-refractivity contribution in [2.24, 2.45) is 0 Å². The predicted octanol–water partition coefficient (Wildman–Crippen LogP) is 4.91. The van der Waals surface area contributed by atoms with E-state index in [0.29, 0.717) is 51.8 Å². The minimum absolute atomic E-state index is 0.0388. The van der Waals surface area contributed by atoms with Crippen molar-refractivity contribution in [2.45, 2.75) is 31.6 Å². The first-order valence-corrected chi connectivity index (χ1v) is 12.1. The lowest BCUT2D eigenvalue weighted by molar-refractivity contribution is -0.140. The Morgan fingerprint density at radius 3 is 2.47 bits per heavy atom. The number of ketones is 1.